The Morgan fingerprint density at radius 3 is 2.53 bits per heavy atom. The van der Waals surface area contributed by atoms with Crippen LogP contribution < -0.4 is 9.47 Å². The number of halogens is 2. The normalized spacial score (nSPS) is 14.4. The van der Waals surface area contributed by atoms with Crippen LogP contribution in [0.4, 0.5) is 8.78 Å². The van der Waals surface area contributed by atoms with Crippen molar-refractivity contribution in [3.63, 3.8) is 0 Å². The molecule has 0 bridgehead atoms. The molecule has 1 fully saturated rings. The fourth-order valence-corrected chi connectivity index (χ4v) is 4.50. The number of nitrogens with zero attached hydrogens (tertiary/aromatic N) is 2. The first-order valence-electron chi connectivity index (χ1n) is 10.3. The van der Waals surface area contributed by atoms with Gasteiger partial charge in [0, 0.05) is 43.9 Å². The molecule has 32 heavy (non-hydrogen) atoms. The molecular weight excluding hydrogens is 434 g/mol. The summed E-state index contributed by atoms with van der Waals surface area (Å²) >= 11 is 1.40. The summed E-state index contributed by atoms with van der Waals surface area (Å²) in [6.45, 7) is 2.97. The maximum Gasteiger partial charge on any atom is 0.264 e. The molecule has 4 rings (SSSR count). The molecule has 0 N–H and O–H groups in total. The molecule has 168 valence electrons. The van der Waals surface area contributed by atoms with Gasteiger partial charge in [0.1, 0.15) is 6.61 Å². The number of para-hydroxylation sites is 2. The van der Waals surface area contributed by atoms with Crippen LogP contribution in [0.5, 0.6) is 11.5 Å². The number of carbonyl (C=O) groups excluding carboxylic acids is 1. The van der Waals surface area contributed by atoms with Crippen molar-refractivity contribution in [2.75, 3.05) is 33.3 Å². The van der Waals surface area contributed by atoms with Crippen LogP contribution >= 0.6 is 11.3 Å². The van der Waals surface area contributed by atoms with Crippen LogP contribution in [0.3, 0.4) is 0 Å². The van der Waals surface area contributed by atoms with Crippen LogP contribution in [0.1, 0.15) is 20.8 Å². The Morgan fingerprint density at radius 2 is 1.78 bits per heavy atom. The molecule has 3 aromatic rings. The highest BCUT2D eigenvalue weighted by Crippen LogP contribution is 2.27. The van der Waals surface area contributed by atoms with Gasteiger partial charge in [-0.05, 0) is 29.6 Å². The van der Waals surface area contributed by atoms with Gasteiger partial charge in [-0.2, -0.15) is 0 Å². The van der Waals surface area contributed by atoms with Gasteiger partial charge in [-0.25, -0.2) is 8.78 Å². The van der Waals surface area contributed by atoms with E-state index in [0.29, 0.717) is 61.3 Å². The lowest BCUT2D eigenvalue weighted by Gasteiger charge is -2.34. The quantitative estimate of drug-likeness (QED) is 0.520. The van der Waals surface area contributed by atoms with Crippen LogP contribution in [0.25, 0.3) is 0 Å². The molecule has 5 nitrogen and oxygen atoms in total. The molecule has 0 aliphatic carbocycles. The maximum atomic E-state index is 13.9. The zero-order valence-corrected chi connectivity index (χ0v) is 18.5. The van der Waals surface area contributed by atoms with Gasteiger partial charge in [-0.1, -0.05) is 24.3 Å². The van der Waals surface area contributed by atoms with Crippen molar-refractivity contribution in [1.29, 1.82) is 0 Å². The molecule has 1 aliphatic heterocycles. The van der Waals surface area contributed by atoms with Crippen LogP contribution in [-0.2, 0) is 13.2 Å². The van der Waals surface area contributed by atoms with Crippen LogP contribution in [-0.4, -0.2) is 49.0 Å². The molecule has 1 aromatic heterocycles. The first-order chi connectivity index (χ1) is 15.5. The highest BCUT2D eigenvalue weighted by atomic mass is 32.1. The molecule has 0 radical (unpaired) electrons. The molecule has 0 unspecified atom stereocenters. The summed E-state index contributed by atoms with van der Waals surface area (Å²) < 4.78 is 38.5. The molecular formula is C24H24F2N2O3S. The highest BCUT2D eigenvalue weighted by molar-refractivity contribution is 7.12. The Balaban J connectivity index is 1.30. The average Bonchev–Trinajstić information content (AvgIpc) is 3.30. The zero-order valence-electron chi connectivity index (χ0n) is 17.7. The number of amides is 1. The first-order valence-corrected chi connectivity index (χ1v) is 11.2. The van der Waals surface area contributed by atoms with E-state index in [1.807, 2.05) is 40.6 Å². The Bertz CT molecular complexity index is 1080. The van der Waals surface area contributed by atoms with E-state index in [2.05, 4.69) is 0 Å². The summed E-state index contributed by atoms with van der Waals surface area (Å²) in [4.78, 5) is 17.4. The van der Waals surface area contributed by atoms with Crippen LogP contribution in [0.15, 0.2) is 53.9 Å². The number of rotatable bonds is 7. The Labute approximate surface area is 189 Å². The SMILES string of the molecule is COc1ccccc1OCc1csc(C(=O)N2CCN(Cc3cccc(F)c3F)CC2)c1. The Morgan fingerprint density at radius 1 is 1.03 bits per heavy atom. The lowest BCUT2D eigenvalue weighted by Crippen LogP contribution is -2.48. The van der Waals surface area contributed by atoms with Crippen molar-refractivity contribution in [2.24, 2.45) is 0 Å². The van der Waals surface area contributed by atoms with Gasteiger partial charge in [0.15, 0.2) is 23.1 Å². The van der Waals surface area contributed by atoms with Crippen molar-refractivity contribution in [2.45, 2.75) is 13.2 Å². The predicted octanol–water partition coefficient (Wildman–Crippen LogP) is 4.57. The van der Waals surface area contributed by atoms with Crippen molar-refractivity contribution in [1.82, 2.24) is 9.80 Å². The van der Waals surface area contributed by atoms with Gasteiger partial charge in [0.05, 0.1) is 12.0 Å². The number of ether oxygens (including phenoxy) is 2. The topological polar surface area (TPSA) is 42.0 Å². The molecule has 1 aliphatic rings. The number of hydrogen-bond donors (Lipinski definition) is 0. The summed E-state index contributed by atoms with van der Waals surface area (Å²) in [6, 6.07) is 13.5. The average molecular weight is 459 g/mol. The van der Waals surface area contributed by atoms with Crippen molar-refractivity contribution >= 4 is 17.2 Å². The minimum Gasteiger partial charge on any atom is -0.493 e. The third-order valence-electron chi connectivity index (χ3n) is 5.41. The maximum absolute atomic E-state index is 13.9. The lowest BCUT2D eigenvalue weighted by molar-refractivity contribution is 0.0631. The van der Waals surface area contributed by atoms with E-state index < -0.39 is 11.6 Å². The molecule has 0 atom stereocenters. The highest BCUT2D eigenvalue weighted by Gasteiger charge is 2.24. The standard InChI is InChI=1S/C24H24F2N2O3S/c1-30-20-7-2-3-8-21(20)31-15-17-13-22(32-16-17)24(29)28-11-9-27(10-12-28)14-18-5-4-6-19(25)23(18)26/h2-8,13,16H,9-12,14-15H2,1H3. The summed E-state index contributed by atoms with van der Waals surface area (Å²) in [5, 5.41) is 1.92. The fourth-order valence-electron chi connectivity index (χ4n) is 3.64. The third-order valence-corrected chi connectivity index (χ3v) is 6.38. The second-order valence-corrected chi connectivity index (χ2v) is 8.45. The van der Waals surface area contributed by atoms with Gasteiger partial charge in [-0.15, -0.1) is 11.3 Å². The van der Waals surface area contributed by atoms with Gasteiger partial charge < -0.3 is 14.4 Å². The van der Waals surface area contributed by atoms with Crippen LogP contribution in [0, 0.1) is 11.6 Å². The summed E-state index contributed by atoms with van der Waals surface area (Å²) in [6.07, 6.45) is 0. The van der Waals surface area contributed by atoms with E-state index in [9.17, 15) is 13.6 Å². The molecule has 8 heteroatoms. The Hall–Kier alpha value is -2.97. The molecule has 2 heterocycles. The summed E-state index contributed by atoms with van der Waals surface area (Å²) in [5.41, 5.74) is 1.26. The van der Waals surface area contributed by atoms with E-state index in [0.717, 1.165) is 11.6 Å². The molecule has 1 amide bonds. The van der Waals surface area contributed by atoms with Crippen molar-refractivity contribution in [3.8, 4) is 11.5 Å². The number of piperazine rings is 1. The van der Waals surface area contributed by atoms with Crippen molar-refractivity contribution < 1.29 is 23.0 Å². The number of benzene rings is 2. The minimum atomic E-state index is -0.834. The number of carbonyl (C=O) groups is 1. The molecule has 2 aromatic carbocycles. The monoisotopic (exact) mass is 458 g/mol. The minimum absolute atomic E-state index is 0.0184. The van der Waals surface area contributed by atoms with Gasteiger partial charge in [-0.3, -0.25) is 9.69 Å². The predicted molar refractivity (Wildman–Crippen MR) is 119 cm³/mol. The number of thiophene rings is 1. The second-order valence-electron chi connectivity index (χ2n) is 7.54. The second kappa shape index (κ2) is 10.1. The first kappa shape index (κ1) is 22.2. The fraction of sp³-hybridized carbons (Fsp3) is 0.292. The largest absolute Gasteiger partial charge is 0.493 e. The summed E-state index contributed by atoms with van der Waals surface area (Å²) in [7, 11) is 1.60. The van der Waals surface area contributed by atoms with Crippen molar-refractivity contribution in [3.05, 3.63) is 81.5 Å². The van der Waals surface area contributed by atoms with E-state index in [-0.39, 0.29) is 5.91 Å². The molecule has 0 saturated carbocycles. The molecule has 1 saturated heterocycles. The smallest absolute Gasteiger partial charge is 0.264 e. The van der Waals surface area contributed by atoms with E-state index >= 15 is 0 Å². The lowest BCUT2D eigenvalue weighted by atomic mass is 10.1. The summed E-state index contributed by atoms with van der Waals surface area (Å²) in [5.74, 6) is -0.336. The third kappa shape index (κ3) is 5.08. The van der Waals surface area contributed by atoms with E-state index in [1.165, 1.54) is 17.4 Å². The van der Waals surface area contributed by atoms with Gasteiger partial charge in [0.25, 0.3) is 5.91 Å². The Kier molecular flexibility index (Phi) is 7.02. The van der Waals surface area contributed by atoms with Gasteiger partial charge >= 0.3 is 0 Å². The van der Waals surface area contributed by atoms with Crippen LogP contribution in [0.2, 0.25) is 0 Å². The van der Waals surface area contributed by atoms with Gasteiger partial charge in [0.2, 0.25) is 0 Å². The number of hydrogen-bond acceptors (Lipinski definition) is 5. The van der Waals surface area contributed by atoms with E-state index in [4.69, 9.17) is 9.47 Å². The zero-order chi connectivity index (χ0) is 22.5. The van der Waals surface area contributed by atoms with E-state index in [1.54, 1.807) is 18.1 Å². The molecule has 0 spiro atoms. The number of methoxy groups -OCH3 is 1.